The number of hydrogen-bond acceptors (Lipinski definition) is 3. The molecule has 1 fully saturated rings. The summed E-state index contributed by atoms with van der Waals surface area (Å²) in [4.78, 5) is 18.7. The molecule has 4 rings (SSSR count). The van der Waals surface area contributed by atoms with Crippen molar-refractivity contribution >= 4 is 5.91 Å². The van der Waals surface area contributed by atoms with Crippen LogP contribution in [0.1, 0.15) is 12.8 Å². The standard InChI is InChI=1S/C18H22N4O/c23-18-16(12-19-6-2-8-21-10-7-20-13-21)11-15-4-1-3-14-5-9-22(18)17(14)15/h1,3-4,7,10-11,13-14,17,19H,2,5-6,8-9,12H2. The summed E-state index contributed by atoms with van der Waals surface area (Å²) in [6.45, 7) is 3.38. The Bertz CT molecular complexity index is 671. The lowest BCUT2D eigenvalue weighted by atomic mass is 9.86. The zero-order valence-corrected chi connectivity index (χ0v) is 13.2. The van der Waals surface area contributed by atoms with E-state index in [-0.39, 0.29) is 11.9 Å². The summed E-state index contributed by atoms with van der Waals surface area (Å²) in [7, 11) is 0. The lowest BCUT2D eigenvalue weighted by Crippen LogP contribution is -2.44. The van der Waals surface area contributed by atoms with Crippen LogP contribution in [-0.2, 0) is 11.3 Å². The van der Waals surface area contributed by atoms with E-state index in [2.05, 4.69) is 44.1 Å². The largest absolute Gasteiger partial charge is 0.337 e. The molecular weight excluding hydrogens is 288 g/mol. The van der Waals surface area contributed by atoms with Gasteiger partial charge >= 0.3 is 0 Å². The Kier molecular flexibility index (Phi) is 3.87. The van der Waals surface area contributed by atoms with E-state index >= 15 is 0 Å². The lowest BCUT2D eigenvalue weighted by molar-refractivity contribution is -0.128. The number of nitrogens with one attached hydrogen (secondary N) is 1. The van der Waals surface area contributed by atoms with Crippen LogP contribution in [0.2, 0.25) is 0 Å². The average molecular weight is 310 g/mol. The molecule has 5 heteroatoms. The minimum Gasteiger partial charge on any atom is -0.337 e. The van der Waals surface area contributed by atoms with Crippen LogP contribution in [0, 0.1) is 5.92 Å². The predicted octanol–water partition coefficient (Wildman–Crippen LogP) is 1.52. The number of rotatable bonds is 6. The van der Waals surface area contributed by atoms with Crippen LogP contribution in [0.15, 0.2) is 54.2 Å². The maximum Gasteiger partial charge on any atom is 0.251 e. The zero-order valence-electron chi connectivity index (χ0n) is 13.2. The number of nitrogens with zero attached hydrogens (tertiary/aromatic N) is 3. The molecule has 1 aromatic heterocycles. The van der Waals surface area contributed by atoms with Gasteiger partial charge in [-0.3, -0.25) is 4.79 Å². The highest BCUT2D eigenvalue weighted by Gasteiger charge is 2.41. The van der Waals surface area contributed by atoms with Gasteiger partial charge in [-0.1, -0.05) is 18.2 Å². The molecule has 120 valence electrons. The Hall–Kier alpha value is -2.14. The molecule has 2 aliphatic heterocycles. The molecular formula is C18H22N4O. The van der Waals surface area contributed by atoms with E-state index in [1.165, 1.54) is 5.57 Å². The Morgan fingerprint density at radius 1 is 1.39 bits per heavy atom. The Balaban J connectivity index is 1.33. The molecule has 0 aromatic carbocycles. The average Bonchev–Trinajstić information content (AvgIpc) is 3.22. The summed E-state index contributed by atoms with van der Waals surface area (Å²) < 4.78 is 2.07. The number of allylic oxidation sites excluding steroid dienone is 2. The fourth-order valence-electron chi connectivity index (χ4n) is 3.82. The van der Waals surface area contributed by atoms with E-state index in [4.69, 9.17) is 0 Å². The number of hydrogen-bond donors (Lipinski definition) is 1. The Morgan fingerprint density at radius 3 is 3.22 bits per heavy atom. The summed E-state index contributed by atoms with van der Waals surface area (Å²) in [6.07, 6.45) is 16.4. The molecule has 0 bridgehead atoms. The summed E-state index contributed by atoms with van der Waals surface area (Å²) in [5.41, 5.74) is 2.19. The van der Waals surface area contributed by atoms with Crippen molar-refractivity contribution in [3.05, 3.63) is 54.2 Å². The summed E-state index contributed by atoms with van der Waals surface area (Å²) >= 11 is 0. The van der Waals surface area contributed by atoms with Gasteiger partial charge in [0.15, 0.2) is 0 Å². The first kappa shape index (κ1) is 14.5. The molecule has 1 amide bonds. The molecule has 2 atom stereocenters. The Morgan fingerprint density at radius 2 is 2.35 bits per heavy atom. The van der Waals surface area contributed by atoms with E-state index in [9.17, 15) is 4.79 Å². The summed E-state index contributed by atoms with van der Waals surface area (Å²) in [6, 6.07) is 0.289. The monoisotopic (exact) mass is 310 g/mol. The summed E-state index contributed by atoms with van der Waals surface area (Å²) in [5, 5.41) is 3.41. The van der Waals surface area contributed by atoms with E-state index in [0.717, 1.165) is 38.0 Å². The normalized spacial score (nSPS) is 25.4. The second-order valence-corrected chi connectivity index (χ2v) is 6.45. The first-order chi connectivity index (χ1) is 11.3. The molecule has 3 aliphatic rings. The molecule has 1 saturated heterocycles. The van der Waals surface area contributed by atoms with Crippen molar-refractivity contribution < 1.29 is 4.79 Å². The maximum absolute atomic E-state index is 12.6. The number of aromatic nitrogens is 2. The third-order valence-corrected chi connectivity index (χ3v) is 4.95. The molecule has 1 aromatic rings. The molecule has 0 spiro atoms. The van der Waals surface area contributed by atoms with Crippen LogP contribution in [0.3, 0.4) is 0 Å². The summed E-state index contributed by atoms with van der Waals surface area (Å²) in [5.74, 6) is 0.729. The van der Waals surface area contributed by atoms with Crippen LogP contribution in [-0.4, -0.2) is 46.0 Å². The van der Waals surface area contributed by atoms with Crippen molar-refractivity contribution in [3.63, 3.8) is 0 Å². The SMILES string of the molecule is O=C1C(CNCCCn2ccnc2)=CC2=CC=CC3CCN1C23. The van der Waals surface area contributed by atoms with Gasteiger partial charge in [0, 0.05) is 43.5 Å². The van der Waals surface area contributed by atoms with Crippen molar-refractivity contribution in [2.75, 3.05) is 19.6 Å². The molecule has 1 N–H and O–H groups in total. The van der Waals surface area contributed by atoms with Gasteiger partial charge in [0.25, 0.3) is 5.91 Å². The highest BCUT2D eigenvalue weighted by Crippen LogP contribution is 2.37. The Labute approximate surface area is 136 Å². The van der Waals surface area contributed by atoms with Crippen LogP contribution in [0.25, 0.3) is 0 Å². The van der Waals surface area contributed by atoms with E-state index in [1.807, 2.05) is 12.5 Å². The van der Waals surface area contributed by atoms with E-state index in [0.29, 0.717) is 12.5 Å². The van der Waals surface area contributed by atoms with Gasteiger partial charge < -0.3 is 14.8 Å². The maximum atomic E-state index is 12.6. The quantitative estimate of drug-likeness (QED) is 0.811. The number of carbonyl (C=O) groups excluding carboxylic acids is 1. The zero-order chi connectivity index (χ0) is 15.6. The number of amides is 1. The van der Waals surface area contributed by atoms with Crippen molar-refractivity contribution in [2.24, 2.45) is 5.92 Å². The van der Waals surface area contributed by atoms with Crippen LogP contribution < -0.4 is 5.32 Å². The highest BCUT2D eigenvalue weighted by molar-refractivity contribution is 5.97. The van der Waals surface area contributed by atoms with Crippen LogP contribution in [0.5, 0.6) is 0 Å². The van der Waals surface area contributed by atoms with E-state index in [1.54, 1.807) is 6.20 Å². The van der Waals surface area contributed by atoms with Crippen molar-refractivity contribution in [2.45, 2.75) is 25.4 Å². The molecule has 1 aliphatic carbocycles. The topological polar surface area (TPSA) is 50.2 Å². The van der Waals surface area contributed by atoms with Gasteiger partial charge in [0.1, 0.15) is 0 Å². The van der Waals surface area contributed by atoms with Gasteiger partial charge in [-0.25, -0.2) is 4.98 Å². The minimum atomic E-state index is 0.215. The van der Waals surface area contributed by atoms with Gasteiger partial charge in [-0.15, -0.1) is 0 Å². The number of carbonyl (C=O) groups is 1. The molecule has 23 heavy (non-hydrogen) atoms. The van der Waals surface area contributed by atoms with Gasteiger partial charge in [0.2, 0.25) is 0 Å². The molecule has 5 nitrogen and oxygen atoms in total. The van der Waals surface area contributed by atoms with Gasteiger partial charge in [-0.05, 0) is 31.0 Å². The first-order valence-electron chi connectivity index (χ1n) is 8.39. The number of imidazole rings is 1. The number of aryl methyl sites for hydroxylation is 1. The highest BCUT2D eigenvalue weighted by atomic mass is 16.2. The van der Waals surface area contributed by atoms with Crippen LogP contribution >= 0.6 is 0 Å². The molecule has 0 radical (unpaired) electrons. The van der Waals surface area contributed by atoms with E-state index < -0.39 is 0 Å². The third-order valence-electron chi connectivity index (χ3n) is 4.95. The predicted molar refractivity (Wildman–Crippen MR) is 88.6 cm³/mol. The fraction of sp³-hybridized carbons (Fsp3) is 0.444. The second kappa shape index (κ2) is 6.16. The van der Waals surface area contributed by atoms with Gasteiger partial charge in [-0.2, -0.15) is 0 Å². The first-order valence-corrected chi connectivity index (χ1v) is 8.39. The fourth-order valence-corrected chi connectivity index (χ4v) is 3.82. The minimum absolute atomic E-state index is 0.215. The smallest absolute Gasteiger partial charge is 0.251 e. The second-order valence-electron chi connectivity index (χ2n) is 6.45. The van der Waals surface area contributed by atoms with Crippen molar-refractivity contribution in [1.29, 1.82) is 0 Å². The van der Waals surface area contributed by atoms with Crippen molar-refractivity contribution in [3.8, 4) is 0 Å². The van der Waals surface area contributed by atoms with Gasteiger partial charge in [0.05, 0.1) is 12.4 Å². The lowest BCUT2D eigenvalue weighted by Gasteiger charge is -2.34. The molecule has 2 unspecified atom stereocenters. The molecule has 3 heterocycles. The van der Waals surface area contributed by atoms with Crippen LogP contribution in [0.4, 0.5) is 0 Å². The van der Waals surface area contributed by atoms with Crippen molar-refractivity contribution in [1.82, 2.24) is 19.8 Å². The molecule has 0 saturated carbocycles. The third kappa shape index (κ3) is 2.77.